The summed E-state index contributed by atoms with van der Waals surface area (Å²) >= 11 is 0. The number of carbonyl (C=O) groups excluding carboxylic acids is 3. The van der Waals surface area contributed by atoms with E-state index in [1.54, 1.807) is 6.07 Å². The summed E-state index contributed by atoms with van der Waals surface area (Å²) in [7, 11) is 0. The van der Waals surface area contributed by atoms with Crippen LogP contribution in [0.15, 0.2) is 146 Å². The Morgan fingerprint density at radius 3 is 1.38 bits per heavy atom. The normalized spacial score (nSPS) is 13.5. The molecule has 0 aliphatic carbocycles. The molecule has 0 saturated carbocycles. The maximum Gasteiger partial charge on any atom is 0.407 e. The van der Waals surface area contributed by atoms with Crippen LogP contribution in [0.4, 0.5) is 9.59 Å². The number of phenolic OH excluding ortho intramolecular Hbond substituents is 4. The van der Waals surface area contributed by atoms with Gasteiger partial charge in [-0.05, 0) is 119 Å². The molecule has 2 aliphatic rings. The average molecular weight is 967 g/mol. The van der Waals surface area contributed by atoms with E-state index in [4.69, 9.17) is 24.8 Å². The van der Waals surface area contributed by atoms with Gasteiger partial charge in [0.05, 0.1) is 12.8 Å². The molecule has 372 valence electrons. The number of hydrogen-bond acceptors (Lipinski definition) is 11. The second-order valence-corrected chi connectivity index (χ2v) is 17.4. The Hall–Kier alpha value is -8.04. The van der Waals surface area contributed by atoms with Gasteiger partial charge in [0.15, 0.2) is 23.0 Å². The van der Waals surface area contributed by atoms with Crippen molar-refractivity contribution >= 4 is 24.1 Å². The van der Waals surface area contributed by atoms with Gasteiger partial charge < -0.3 is 55.9 Å². The Labute approximate surface area is 413 Å². The first-order chi connectivity index (χ1) is 34.4. The van der Waals surface area contributed by atoms with Crippen LogP contribution in [0.3, 0.4) is 0 Å². The van der Waals surface area contributed by atoms with Crippen molar-refractivity contribution in [3.8, 4) is 23.0 Å². The van der Waals surface area contributed by atoms with Crippen LogP contribution in [-0.2, 0) is 58.2 Å². The summed E-state index contributed by atoms with van der Waals surface area (Å²) in [6, 6.07) is 44.3. The molecule has 0 aromatic heterocycles. The number of amides is 3. The number of nitrogens with one attached hydrogen (secondary N) is 3. The van der Waals surface area contributed by atoms with E-state index in [9.17, 15) is 29.4 Å². The summed E-state index contributed by atoms with van der Waals surface area (Å²) in [4.78, 5) is 48.6. The van der Waals surface area contributed by atoms with Gasteiger partial charge in [0.1, 0.15) is 13.2 Å². The van der Waals surface area contributed by atoms with E-state index >= 15 is 0 Å². The number of carbonyl (C=O) groups is 4. The molecule has 6 aromatic carbocycles. The molecule has 2 saturated heterocycles. The minimum absolute atomic E-state index is 0.0144. The van der Waals surface area contributed by atoms with Crippen LogP contribution in [0, 0.1) is 0 Å². The number of ether oxygens (including phenoxy) is 2. The van der Waals surface area contributed by atoms with Crippen molar-refractivity contribution in [2.75, 3.05) is 26.2 Å². The van der Waals surface area contributed by atoms with Gasteiger partial charge in [-0.15, -0.1) is 0 Å². The molecule has 0 unspecified atom stereocenters. The van der Waals surface area contributed by atoms with Crippen LogP contribution in [0.5, 0.6) is 23.0 Å². The molecule has 0 bridgehead atoms. The molecule has 0 radical (unpaired) electrons. The molecular weight excluding hydrogens is 905 g/mol. The highest BCUT2D eigenvalue weighted by atomic mass is 16.6. The zero-order valence-electron chi connectivity index (χ0n) is 39.5. The Bertz CT molecular complexity index is 2650. The number of alkyl carbamates (subject to hydrolysis) is 2. The molecule has 15 nitrogen and oxygen atoms in total. The highest BCUT2D eigenvalue weighted by molar-refractivity contribution is 5.79. The van der Waals surface area contributed by atoms with Gasteiger partial charge in [-0.25, -0.2) is 9.59 Å². The summed E-state index contributed by atoms with van der Waals surface area (Å²) in [6.07, 6.45) is 3.28. The first kappa shape index (κ1) is 52.3. The number of carboxylic acids is 1. The Morgan fingerprint density at radius 2 is 0.930 bits per heavy atom. The van der Waals surface area contributed by atoms with Crippen molar-refractivity contribution in [3.05, 3.63) is 190 Å². The molecule has 2 fully saturated rings. The number of hydrogen-bond donors (Lipinski definition) is 8. The monoisotopic (exact) mass is 966 g/mol. The maximum absolute atomic E-state index is 12.7. The summed E-state index contributed by atoms with van der Waals surface area (Å²) in [5, 5.41) is 54.3. The van der Waals surface area contributed by atoms with Gasteiger partial charge in [0.25, 0.3) is 0 Å². The number of aromatic hydroxyl groups is 4. The lowest BCUT2D eigenvalue weighted by atomic mass is 9.88. The number of phenols is 4. The van der Waals surface area contributed by atoms with Crippen LogP contribution in [0.2, 0.25) is 0 Å². The first-order valence-corrected chi connectivity index (χ1v) is 23.7. The van der Waals surface area contributed by atoms with Gasteiger partial charge in [-0.2, -0.15) is 0 Å². The summed E-state index contributed by atoms with van der Waals surface area (Å²) < 4.78 is 10.5. The van der Waals surface area contributed by atoms with Gasteiger partial charge in [-0.3, -0.25) is 9.59 Å². The molecule has 0 atom stereocenters. The van der Waals surface area contributed by atoms with Crippen molar-refractivity contribution in [3.63, 3.8) is 0 Å². The number of rotatable bonds is 14. The lowest BCUT2D eigenvalue weighted by molar-refractivity contribution is -0.136. The minimum Gasteiger partial charge on any atom is -0.504 e. The van der Waals surface area contributed by atoms with Crippen molar-refractivity contribution in [1.82, 2.24) is 20.9 Å². The van der Waals surface area contributed by atoms with Crippen LogP contribution in [-0.4, -0.2) is 80.7 Å². The van der Waals surface area contributed by atoms with E-state index in [0.29, 0.717) is 55.7 Å². The number of benzene rings is 6. The number of aliphatic carboxylic acids is 1. The number of piperidine rings is 2. The fraction of sp³-hybridized carbons (Fsp3) is 0.286. The SMILES string of the molecule is O=C(NCc1cccc(C2CCN(C(=O)Cc3ccc(O)c(O)c3)CC2)c1)OCc1ccccc1.O=C(NCc1cccc(C2CCNCC2)c1)OCc1ccccc1.O=C(O)Cc1ccc(O)c(O)c1. The summed E-state index contributed by atoms with van der Waals surface area (Å²) in [5.41, 5.74) is 7.75. The third-order valence-electron chi connectivity index (χ3n) is 12.1. The molecule has 0 spiro atoms. The zero-order chi connectivity index (χ0) is 50.4. The molecule has 3 amide bonds. The maximum atomic E-state index is 12.7. The average Bonchev–Trinajstić information content (AvgIpc) is 3.39. The molecule has 8 rings (SSSR count). The molecule has 15 heteroatoms. The highest BCUT2D eigenvalue weighted by Gasteiger charge is 2.24. The lowest BCUT2D eigenvalue weighted by Gasteiger charge is -2.32. The van der Waals surface area contributed by atoms with E-state index in [1.165, 1.54) is 54.3 Å². The minimum atomic E-state index is -0.972. The van der Waals surface area contributed by atoms with Crippen LogP contribution >= 0.6 is 0 Å². The second-order valence-electron chi connectivity index (χ2n) is 17.4. The number of carboxylic acid groups (broad SMARTS) is 1. The third-order valence-corrected chi connectivity index (χ3v) is 12.1. The predicted octanol–water partition coefficient (Wildman–Crippen LogP) is 8.78. The van der Waals surface area contributed by atoms with Crippen molar-refractivity contribution in [2.24, 2.45) is 0 Å². The molecular formula is C56H62N4O11. The summed E-state index contributed by atoms with van der Waals surface area (Å²) in [5.74, 6) is -0.937. The first-order valence-electron chi connectivity index (χ1n) is 23.7. The van der Waals surface area contributed by atoms with Crippen LogP contribution in [0.1, 0.15) is 82.0 Å². The number of likely N-dealkylation sites (tertiary alicyclic amines) is 1. The van der Waals surface area contributed by atoms with Gasteiger partial charge >= 0.3 is 18.2 Å². The van der Waals surface area contributed by atoms with Gasteiger partial charge in [-0.1, -0.05) is 121 Å². The molecule has 2 heterocycles. The van der Waals surface area contributed by atoms with E-state index in [-0.39, 0.29) is 54.4 Å². The van der Waals surface area contributed by atoms with Gasteiger partial charge in [0, 0.05) is 26.2 Å². The second kappa shape index (κ2) is 27.2. The van der Waals surface area contributed by atoms with Gasteiger partial charge in [0.2, 0.25) is 5.91 Å². The fourth-order valence-electron chi connectivity index (χ4n) is 8.25. The standard InChI is InChI=1S/C28H30N2O5.C20H24N2O2.C8H8O4/c31-25-10-9-21(16-26(25)32)17-27(33)30-13-11-23(12-14-30)24-8-4-7-22(15-24)18-29-28(34)35-19-20-5-2-1-3-6-20;23-20(24-15-16-5-2-1-3-6-16)22-14-17-7-4-8-19(13-17)18-9-11-21-12-10-18;9-6-2-1-5(3-7(6)10)4-8(11)12/h1-10,15-16,23,31-32H,11-14,17-19H2,(H,29,34);1-8,13,18,21H,9-12,14-15H2,(H,22,23);1-3,9-10H,4H2,(H,11,12). The zero-order valence-corrected chi connectivity index (χ0v) is 39.5. The fourth-order valence-corrected chi connectivity index (χ4v) is 8.25. The number of nitrogens with zero attached hydrogens (tertiary/aromatic N) is 1. The molecule has 6 aromatic rings. The van der Waals surface area contributed by atoms with Crippen molar-refractivity contribution < 1.29 is 54.2 Å². The lowest BCUT2D eigenvalue weighted by Crippen LogP contribution is -2.38. The van der Waals surface area contributed by atoms with Crippen molar-refractivity contribution in [2.45, 2.75) is 76.7 Å². The van der Waals surface area contributed by atoms with E-state index in [1.807, 2.05) is 83.8 Å². The third kappa shape index (κ3) is 17.8. The van der Waals surface area contributed by atoms with Crippen LogP contribution < -0.4 is 16.0 Å². The Kier molecular flexibility index (Phi) is 20.1. The quantitative estimate of drug-likeness (QED) is 0.0480. The predicted molar refractivity (Wildman–Crippen MR) is 268 cm³/mol. The largest absolute Gasteiger partial charge is 0.504 e. The van der Waals surface area contributed by atoms with Crippen LogP contribution in [0.25, 0.3) is 0 Å². The Morgan fingerprint density at radius 1 is 0.493 bits per heavy atom. The molecule has 8 N–H and O–H groups in total. The smallest absolute Gasteiger partial charge is 0.407 e. The summed E-state index contributed by atoms with van der Waals surface area (Å²) in [6.45, 7) is 4.91. The molecule has 71 heavy (non-hydrogen) atoms. The van der Waals surface area contributed by atoms with E-state index < -0.39 is 12.1 Å². The van der Waals surface area contributed by atoms with E-state index in [2.05, 4.69) is 46.3 Å². The highest BCUT2D eigenvalue weighted by Crippen LogP contribution is 2.31. The topological polar surface area (TPSA) is 227 Å². The Balaban J connectivity index is 0.000000197. The van der Waals surface area contributed by atoms with Crippen molar-refractivity contribution in [1.29, 1.82) is 0 Å². The van der Waals surface area contributed by atoms with E-state index in [0.717, 1.165) is 48.2 Å². The molecule has 2 aliphatic heterocycles.